The number of nitrogens with one attached hydrogen (secondary N) is 1. The van der Waals surface area contributed by atoms with Crippen LogP contribution >= 0.6 is 0 Å². The molecule has 0 spiro atoms. The van der Waals surface area contributed by atoms with E-state index in [2.05, 4.69) is 10.1 Å². The third kappa shape index (κ3) is 3.75. The zero-order chi connectivity index (χ0) is 14.6. The molecule has 104 valence electrons. The lowest BCUT2D eigenvalue weighted by molar-refractivity contribution is -0.118. The second-order valence-corrected chi connectivity index (χ2v) is 4.45. The average Bonchev–Trinajstić information content (AvgIpc) is 2.38. The van der Waals surface area contributed by atoms with Crippen molar-refractivity contribution >= 4 is 17.6 Å². The Morgan fingerprint density at radius 2 is 2.00 bits per heavy atom. The Labute approximate surface area is 110 Å². The molecule has 0 aliphatic carbocycles. The van der Waals surface area contributed by atoms with Crippen LogP contribution in [0.15, 0.2) is 18.2 Å². The normalized spacial score (nSPS) is 12.1. The number of ether oxygens (including phenoxy) is 1. The fourth-order valence-electron chi connectivity index (χ4n) is 1.40. The summed E-state index contributed by atoms with van der Waals surface area (Å²) in [6, 6.07) is 2.98. The van der Waals surface area contributed by atoms with Crippen LogP contribution in [0.2, 0.25) is 0 Å². The summed E-state index contributed by atoms with van der Waals surface area (Å²) < 4.78 is 17.8. The first kappa shape index (κ1) is 15.1. The highest BCUT2D eigenvalue weighted by molar-refractivity contribution is 5.97. The molecule has 1 aromatic rings. The van der Waals surface area contributed by atoms with Crippen molar-refractivity contribution in [3.05, 3.63) is 29.6 Å². The smallest absolute Gasteiger partial charge is 0.340 e. The molecule has 0 saturated carbocycles. The number of esters is 1. The van der Waals surface area contributed by atoms with Crippen LogP contribution < -0.4 is 11.1 Å². The maximum Gasteiger partial charge on any atom is 0.340 e. The number of hydrogen-bond acceptors (Lipinski definition) is 4. The summed E-state index contributed by atoms with van der Waals surface area (Å²) in [5, 5.41) is 2.53. The number of benzene rings is 1. The molecule has 0 aromatic heterocycles. The summed E-state index contributed by atoms with van der Waals surface area (Å²) in [7, 11) is 1.15. The first-order valence-corrected chi connectivity index (χ1v) is 5.81. The van der Waals surface area contributed by atoms with Gasteiger partial charge in [-0.05, 0) is 24.1 Å². The van der Waals surface area contributed by atoms with Crippen LogP contribution in [0.1, 0.15) is 24.2 Å². The molecule has 0 aliphatic rings. The predicted octanol–water partition coefficient (Wildman–Crippen LogP) is 1.53. The van der Waals surface area contributed by atoms with E-state index in [9.17, 15) is 14.0 Å². The third-order valence-corrected chi connectivity index (χ3v) is 2.66. The Hall–Kier alpha value is -1.95. The Kier molecular flexibility index (Phi) is 5.00. The van der Waals surface area contributed by atoms with E-state index in [0.29, 0.717) is 5.69 Å². The Bertz CT molecular complexity index is 489. The molecule has 1 amide bonds. The van der Waals surface area contributed by atoms with Crippen molar-refractivity contribution < 1.29 is 18.7 Å². The van der Waals surface area contributed by atoms with Gasteiger partial charge in [-0.25, -0.2) is 9.18 Å². The molecule has 0 heterocycles. The second kappa shape index (κ2) is 6.29. The standard InChI is InChI=1S/C13H17FN2O3/c1-7(2)11(15)12(17)16-8-4-5-10(14)9(6-8)13(18)19-3/h4-7,11H,15H2,1-3H3,(H,16,17)/t11-/m0/s1. The lowest BCUT2D eigenvalue weighted by atomic mass is 10.0. The van der Waals surface area contributed by atoms with Gasteiger partial charge in [0.25, 0.3) is 0 Å². The minimum absolute atomic E-state index is 0.0273. The summed E-state index contributed by atoms with van der Waals surface area (Å²) in [6.07, 6.45) is 0. The van der Waals surface area contributed by atoms with Crippen molar-refractivity contribution in [3.63, 3.8) is 0 Å². The van der Waals surface area contributed by atoms with Crippen LogP contribution in [0, 0.1) is 11.7 Å². The molecule has 0 unspecified atom stereocenters. The number of halogens is 1. The van der Waals surface area contributed by atoms with E-state index in [1.807, 2.05) is 13.8 Å². The molecule has 1 atom stereocenters. The molecule has 1 aromatic carbocycles. The van der Waals surface area contributed by atoms with Gasteiger partial charge >= 0.3 is 5.97 Å². The van der Waals surface area contributed by atoms with Gasteiger partial charge in [0.05, 0.1) is 18.7 Å². The number of carbonyl (C=O) groups excluding carboxylic acids is 2. The van der Waals surface area contributed by atoms with E-state index in [4.69, 9.17) is 5.73 Å². The van der Waals surface area contributed by atoms with E-state index >= 15 is 0 Å². The van der Waals surface area contributed by atoms with E-state index in [1.54, 1.807) is 0 Å². The largest absolute Gasteiger partial charge is 0.465 e. The summed E-state index contributed by atoms with van der Waals surface area (Å²) in [4.78, 5) is 23.1. The summed E-state index contributed by atoms with van der Waals surface area (Å²) >= 11 is 0. The molecule has 19 heavy (non-hydrogen) atoms. The molecule has 0 fully saturated rings. The second-order valence-electron chi connectivity index (χ2n) is 4.45. The summed E-state index contributed by atoms with van der Waals surface area (Å²) in [5.74, 6) is -1.93. The topological polar surface area (TPSA) is 81.4 Å². The highest BCUT2D eigenvalue weighted by atomic mass is 19.1. The van der Waals surface area contributed by atoms with Gasteiger partial charge in [-0.3, -0.25) is 4.79 Å². The van der Waals surface area contributed by atoms with Gasteiger partial charge in [-0.15, -0.1) is 0 Å². The van der Waals surface area contributed by atoms with Crippen molar-refractivity contribution in [3.8, 4) is 0 Å². The lowest BCUT2D eigenvalue weighted by Crippen LogP contribution is -2.39. The number of hydrogen-bond donors (Lipinski definition) is 2. The fourth-order valence-corrected chi connectivity index (χ4v) is 1.40. The third-order valence-electron chi connectivity index (χ3n) is 2.66. The zero-order valence-electron chi connectivity index (χ0n) is 11.1. The minimum Gasteiger partial charge on any atom is -0.465 e. The molecule has 1 rings (SSSR count). The van der Waals surface area contributed by atoms with Crippen molar-refractivity contribution in [1.29, 1.82) is 0 Å². The number of amides is 1. The van der Waals surface area contributed by atoms with E-state index < -0.39 is 23.7 Å². The van der Waals surface area contributed by atoms with E-state index in [-0.39, 0.29) is 11.5 Å². The Balaban J connectivity index is 2.91. The fraction of sp³-hybridized carbons (Fsp3) is 0.385. The number of carbonyl (C=O) groups is 2. The first-order valence-electron chi connectivity index (χ1n) is 5.81. The van der Waals surface area contributed by atoms with Gasteiger partial charge in [-0.1, -0.05) is 13.8 Å². The number of nitrogens with two attached hydrogens (primary N) is 1. The van der Waals surface area contributed by atoms with Crippen LogP contribution in [-0.2, 0) is 9.53 Å². The molecule has 0 radical (unpaired) electrons. The SMILES string of the molecule is COC(=O)c1cc(NC(=O)[C@@H](N)C(C)C)ccc1F. The van der Waals surface area contributed by atoms with Crippen LogP contribution in [0.5, 0.6) is 0 Å². The van der Waals surface area contributed by atoms with Crippen molar-refractivity contribution in [2.75, 3.05) is 12.4 Å². The highest BCUT2D eigenvalue weighted by Gasteiger charge is 2.18. The Morgan fingerprint density at radius 3 is 2.53 bits per heavy atom. The van der Waals surface area contributed by atoms with Crippen molar-refractivity contribution in [2.45, 2.75) is 19.9 Å². The molecule has 6 heteroatoms. The monoisotopic (exact) mass is 268 g/mol. The molecular formula is C13H17FN2O3. The lowest BCUT2D eigenvalue weighted by Gasteiger charge is -2.15. The maximum absolute atomic E-state index is 13.4. The molecule has 3 N–H and O–H groups in total. The van der Waals surface area contributed by atoms with Gasteiger partial charge < -0.3 is 15.8 Å². The van der Waals surface area contributed by atoms with Crippen LogP contribution in [0.25, 0.3) is 0 Å². The van der Waals surface area contributed by atoms with Gasteiger partial charge in [0.15, 0.2) is 0 Å². The van der Waals surface area contributed by atoms with E-state index in [0.717, 1.165) is 13.2 Å². The molecule has 5 nitrogen and oxygen atoms in total. The maximum atomic E-state index is 13.4. The van der Waals surface area contributed by atoms with Gasteiger partial charge in [0, 0.05) is 5.69 Å². The number of methoxy groups -OCH3 is 1. The van der Waals surface area contributed by atoms with E-state index in [1.165, 1.54) is 12.1 Å². The summed E-state index contributed by atoms with van der Waals surface area (Å²) in [5.41, 5.74) is 5.74. The average molecular weight is 268 g/mol. The molecule has 0 bridgehead atoms. The Morgan fingerprint density at radius 1 is 1.37 bits per heavy atom. The van der Waals surface area contributed by atoms with Crippen LogP contribution in [-0.4, -0.2) is 25.0 Å². The number of anilines is 1. The summed E-state index contributed by atoms with van der Waals surface area (Å²) in [6.45, 7) is 3.63. The quantitative estimate of drug-likeness (QED) is 0.811. The molecule has 0 saturated heterocycles. The predicted molar refractivity (Wildman–Crippen MR) is 69.2 cm³/mol. The first-order chi connectivity index (χ1) is 8.86. The van der Waals surface area contributed by atoms with Crippen LogP contribution in [0.3, 0.4) is 0 Å². The van der Waals surface area contributed by atoms with Crippen molar-refractivity contribution in [1.82, 2.24) is 0 Å². The molecular weight excluding hydrogens is 251 g/mol. The molecule has 0 aliphatic heterocycles. The van der Waals surface area contributed by atoms with Gasteiger partial charge in [-0.2, -0.15) is 0 Å². The van der Waals surface area contributed by atoms with Gasteiger partial charge in [0.2, 0.25) is 5.91 Å². The van der Waals surface area contributed by atoms with Gasteiger partial charge in [0.1, 0.15) is 5.82 Å². The van der Waals surface area contributed by atoms with Crippen molar-refractivity contribution in [2.24, 2.45) is 11.7 Å². The zero-order valence-corrected chi connectivity index (χ0v) is 11.1. The minimum atomic E-state index is -0.804. The number of rotatable bonds is 4. The highest BCUT2D eigenvalue weighted by Crippen LogP contribution is 2.16. The van der Waals surface area contributed by atoms with Crippen LogP contribution in [0.4, 0.5) is 10.1 Å².